The predicted molar refractivity (Wildman–Crippen MR) is 73.4 cm³/mol. The summed E-state index contributed by atoms with van der Waals surface area (Å²) in [4.78, 5) is 14.9. The van der Waals surface area contributed by atoms with Gasteiger partial charge in [0.25, 0.3) is 0 Å². The van der Waals surface area contributed by atoms with Gasteiger partial charge in [-0.15, -0.1) is 0 Å². The molecule has 1 amide bonds. The summed E-state index contributed by atoms with van der Waals surface area (Å²) in [5.74, 6) is 0.235. The molecular formula is C14H18BrNO. The number of alkyl halides is 1. The highest BCUT2D eigenvalue weighted by molar-refractivity contribution is 9.09. The van der Waals surface area contributed by atoms with Crippen LogP contribution >= 0.6 is 15.9 Å². The van der Waals surface area contributed by atoms with Crippen molar-refractivity contribution in [2.75, 3.05) is 13.1 Å². The van der Waals surface area contributed by atoms with Gasteiger partial charge in [-0.25, -0.2) is 0 Å². The third kappa shape index (κ3) is 3.09. The minimum Gasteiger partial charge on any atom is -0.342 e. The maximum atomic E-state index is 12.3. The van der Waals surface area contributed by atoms with Gasteiger partial charge in [-0.3, -0.25) is 4.79 Å². The molecule has 0 aliphatic carbocycles. The summed E-state index contributed by atoms with van der Waals surface area (Å²) in [7, 11) is 0. The van der Waals surface area contributed by atoms with E-state index in [0.717, 1.165) is 31.5 Å². The van der Waals surface area contributed by atoms with E-state index in [0.29, 0.717) is 4.83 Å². The van der Waals surface area contributed by atoms with Crippen LogP contribution in [0.4, 0.5) is 0 Å². The topological polar surface area (TPSA) is 20.3 Å². The van der Waals surface area contributed by atoms with E-state index in [1.54, 1.807) is 0 Å². The number of benzene rings is 1. The van der Waals surface area contributed by atoms with Crippen LogP contribution in [0.2, 0.25) is 0 Å². The third-order valence-electron chi connectivity index (χ3n) is 3.41. The number of amides is 1. The Morgan fingerprint density at radius 1 is 1.29 bits per heavy atom. The van der Waals surface area contributed by atoms with Gasteiger partial charge in [-0.05, 0) is 25.3 Å². The lowest BCUT2D eigenvalue weighted by Crippen LogP contribution is -2.40. The van der Waals surface area contributed by atoms with Crippen molar-refractivity contribution in [2.24, 2.45) is 0 Å². The van der Waals surface area contributed by atoms with Crippen LogP contribution in [0.25, 0.3) is 0 Å². The first-order chi connectivity index (χ1) is 8.18. The van der Waals surface area contributed by atoms with E-state index in [1.807, 2.05) is 42.2 Å². The van der Waals surface area contributed by atoms with Gasteiger partial charge in [0.2, 0.25) is 5.91 Å². The molecule has 1 heterocycles. The number of carbonyl (C=O) groups excluding carboxylic acids is 1. The van der Waals surface area contributed by atoms with Crippen LogP contribution in [0.15, 0.2) is 30.3 Å². The Morgan fingerprint density at radius 2 is 1.88 bits per heavy atom. The molecular weight excluding hydrogens is 278 g/mol. The van der Waals surface area contributed by atoms with E-state index in [4.69, 9.17) is 0 Å². The highest BCUT2D eigenvalue weighted by Crippen LogP contribution is 2.22. The summed E-state index contributed by atoms with van der Waals surface area (Å²) < 4.78 is 0. The lowest BCUT2D eigenvalue weighted by molar-refractivity contribution is -0.133. The molecule has 0 N–H and O–H groups in total. The quantitative estimate of drug-likeness (QED) is 0.768. The molecule has 0 saturated carbocycles. The van der Waals surface area contributed by atoms with Crippen molar-refractivity contribution in [1.29, 1.82) is 0 Å². The molecule has 1 fully saturated rings. The van der Waals surface area contributed by atoms with Crippen LogP contribution in [-0.2, 0) is 4.79 Å². The van der Waals surface area contributed by atoms with E-state index in [9.17, 15) is 4.79 Å². The van der Waals surface area contributed by atoms with Crippen LogP contribution in [0.5, 0.6) is 0 Å². The Labute approximate surface area is 111 Å². The van der Waals surface area contributed by atoms with Gasteiger partial charge in [-0.1, -0.05) is 46.3 Å². The molecule has 3 heteroatoms. The van der Waals surface area contributed by atoms with Gasteiger partial charge in [0.15, 0.2) is 0 Å². The molecule has 17 heavy (non-hydrogen) atoms. The zero-order valence-electron chi connectivity index (χ0n) is 10.1. The Morgan fingerprint density at radius 3 is 2.47 bits per heavy atom. The lowest BCUT2D eigenvalue weighted by atomic mass is 9.98. The summed E-state index contributed by atoms with van der Waals surface area (Å²) in [6.07, 6.45) is 2.13. The molecule has 0 radical (unpaired) electrons. The van der Waals surface area contributed by atoms with Crippen molar-refractivity contribution < 1.29 is 4.79 Å². The molecule has 2 nitrogen and oxygen atoms in total. The van der Waals surface area contributed by atoms with E-state index in [1.165, 1.54) is 0 Å². The largest absolute Gasteiger partial charge is 0.342 e. The number of likely N-dealkylation sites (tertiary alicyclic amines) is 1. The maximum absolute atomic E-state index is 12.3. The number of hydrogen-bond donors (Lipinski definition) is 0. The number of piperidine rings is 1. The SMILES string of the molecule is CC(C(=O)N1CCC(Br)CC1)c1ccccc1. The van der Waals surface area contributed by atoms with Crippen molar-refractivity contribution in [3.05, 3.63) is 35.9 Å². The predicted octanol–water partition coefficient (Wildman–Crippen LogP) is 3.18. The van der Waals surface area contributed by atoms with Crippen molar-refractivity contribution in [2.45, 2.75) is 30.5 Å². The Kier molecular flexibility index (Phi) is 4.21. The maximum Gasteiger partial charge on any atom is 0.229 e. The summed E-state index contributed by atoms with van der Waals surface area (Å²) >= 11 is 3.61. The summed E-state index contributed by atoms with van der Waals surface area (Å²) in [6.45, 7) is 3.76. The summed E-state index contributed by atoms with van der Waals surface area (Å²) in [5, 5.41) is 0. The minimum absolute atomic E-state index is 0.0249. The molecule has 0 aromatic heterocycles. The average molecular weight is 296 g/mol. The second-order valence-corrected chi connectivity index (χ2v) is 5.93. The highest BCUT2D eigenvalue weighted by Gasteiger charge is 2.25. The molecule has 1 aromatic carbocycles. The monoisotopic (exact) mass is 295 g/mol. The van der Waals surface area contributed by atoms with Gasteiger partial charge >= 0.3 is 0 Å². The molecule has 1 aromatic rings. The summed E-state index contributed by atoms with van der Waals surface area (Å²) in [6, 6.07) is 10.0. The zero-order valence-corrected chi connectivity index (χ0v) is 11.7. The molecule has 1 aliphatic rings. The Hall–Kier alpha value is -0.830. The number of carbonyl (C=O) groups is 1. The van der Waals surface area contributed by atoms with Crippen molar-refractivity contribution in [3.63, 3.8) is 0 Å². The molecule has 92 valence electrons. The zero-order chi connectivity index (χ0) is 12.3. The molecule has 0 spiro atoms. The van der Waals surface area contributed by atoms with Crippen LogP contribution in [0.3, 0.4) is 0 Å². The fourth-order valence-electron chi connectivity index (χ4n) is 2.23. The van der Waals surface area contributed by atoms with Crippen molar-refractivity contribution in [3.8, 4) is 0 Å². The second-order valence-electron chi connectivity index (χ2n) is 4.63. The van der Waals surface area contributed by atoms with Crippen molar-refractivity contribution >= 4 is 21.8 Å². The average Bonchev–Trinajstić information content (AvgIpc) is 2.39. The number of halogens is 1. The first kappa shape index (κ1) is 12.6. The Bertz CT molecular complexity index is 371. The van der Waals surface area contributed by atoms with Crippen LogP contribution in [-0.4, -0.2) is 28.7 Å². The first-order valence-electron chi connectivity index (χ1n) is 6.16. The van der Waals surface area contributed by atoms with Crippen LogP contribution in [0.1, 0.15) is 31.2 Å². The van der Waals surface area contributed by atoms with Gasteiger partial charge in [-0.2, -0.15) is 0 Å². The van der Waals surface area contributed by atoms with E-state index >= 15 is 0 Å². The van der Waals surface area contributed by atoms with Crippen molar-refractivity contribution in [1.82, 2.24) is 4.90 Å². The molecule has 1 aliphatic heterocycles. The van der Waals surface area contributed by atoms with E-state index in [-0.39, 0.29) is 11.8 Å². The third-order valence-corrected chi connectivity index (χ3v) is 4.32. The number of nitrogens with zero attached hydrogens (tertiary/aromatic N) is 1. The number of rotatable bonds is 2. The molecule has 1 atom stereocenters. The standard InChI is InChI=1S/C14H18BrNO/c1-11(12-5-3-2-4-6-12)14(17)16-9-7-13(15)8-10-16/h2-6,11,13H,7-10H2,1H3. The lowest BCUT2D eigenvalue weighted by Gasteiger charge is -2.31. The van der Waals surface area contributed by atoms with Gasteiger partial charge in [0.1, 0.15) is 0 Å². The molecule has 0 bridgehead atoms. The minimum atomic E-state index is -0.0249. The molecule has 1 saturated heterocycles. The van der Waals surface area contributed by atoms with Crippen LogP contribution < -0.4 is 0 Å². The van der Waals surface area contributed by atoms with Gasteiger partial charge in [0, 0.05) is 17.9 Å². The second kappa shape index (κ2) is 5.67. The van der Waals surface area contributed by atoms with Gasteiger partial charge < -0.3 is 4.90 Å². The number of hydrogen-bond acceptors (Lipinski definition) is 1. The smallest absolute Gasteiger partial charge is 0.229 e. The van der Waals surface area contributed by atoms with E-state index < -0.39 is 0 Å². The fraction of sp³-hybridized carbons (Fsp3) is 0.500. The molecule has 2 rings (SSSR count). The highest BCUT2D eigenvalue weighted by atomic mass is 79.9. The molecule has 1 unspecified atom stereocenters. The Balaban J connectivity index is 2.00. The summed E-state index contributed by atoms with van der Waals surface area (Å²) in [5.41, 5.74) is 1.11. The first-order valence-corrected chi connectivity index (χ1v) is 7.08. The van der Waals surface area contributed by atoms with Crippen LogP contribution in [0, 0.1) is 0 Å². The normalized spacial score (nSPS) is 19.1. The van der Waals surface area contributed by atoms with Gasteiger partial charge in [0.05, 0.1) is 5.92 Å². The van der Waals surface area contributed by atoms with E-state index in [2.05, 4.69) is 15.9 Å². The fourth-order valence-corrected chi connectivity index (χ4v) is 2.64.